The van der Waals surface area contributed by atoms with E-state index in [0.717, 1.165) is 27.2 Å². The van der Waals surface area contributed by atoms with Crippen molar-refractivity contribution in [2.24, 2.45) is 0 Å². The van der Waals surface area contributed by atoms with Crippen molar-refractivity contribution in [3.8, 4) is 0 Å². The van der Waals surface area contributed by atoms with Crippen molar-refractivity contribution in [1.29, 1.82) is 0 Å². The van der Waals surface area contributed by atoms with Crippen LogP contribution in [0.2, 0.25) is 0 Å². The summed E-state index contributed by atoms with van der Waals surface area (Å²) < 4.78 is 2.27. The second-order valence-corrected chi connectivity index (χ2v) is 7.95. The molecule has 122 valence electrons. The van der Waals surface area contributed by atoms with Crippen molar-refractivity contribution in [2.45, 2.75) is 64.5 Å². The van der Waals surface area contributed by atoms with Gasteiger partial charge >= 0.3 is 0 Å². The topological polar surface area (TPSA) is 72.7 Å². The van der Waals surface area contributed by atoms with E-state index in [2.05, 4.69) is 25.1 Å². The number of amides is 1. The number of carbonyl (C=O) groups is 1. The van der Waals surface area contributed by atoms with E-state index < -0.39 is 0 Å². The van der Waals surface area contributed by atoms with E-state index in [4.69, 9.17) is 0 Å². The first-order valence-corrected chi connectivity index (χ1v) is 9.06. The van der Waals surface area contributed by atoms with Gasteiger partial charge in [-0.3, -0.25) is 4.79 Å². The van der Waals surface area contributed by atoms with Crippen LogP contribution in [0, 0.1) is 13.8 Å². The molecule has 0 bridgehead atoms. The van der Waals surface area contributed by atoms with E-state index in [1.54, 1.807) is 11.3 Å². The van der Waals surface area contributed by atoms with E-state index in [-0.39, 0.29) is 5.91 Å². The highest BCUT2D eigenvalue weighted by atomic mass is 32.1. The molecular formula is C16H21N5OS. The van der Waals surface area contributed by atoms with Gasteiger partial charge in [-0.05, 0) is 39.5 Å². The van der Waals surface area contributed by atoms with Crippen LogP contribution in [-0.4, -0.2) is 25.7 Å². The third kappa shape index (κ3) is 3.15. The number of thiazole rings is 1. The number of hydrogen-bond donors (Lipinski definition) is 1. The van der Waals surface area contributed by atoms with Crippen molar-refractivity contribution in [3.63, 3.8) is 0 Å². The molecule has 2 aliphatic rings. The highest BCUT2D eigenvalue weighted by molar-refractivity contribution is 7.11. The molecule has 2 fully saturated rings. The number of aryl methyl sites for hydroxylation is 2. The summed E-state index contributed by atoms with van der Waals surface area (Å²) in [6.45, 7) is 4.44. The molecule has 0 aliphatic heterocycles. The average molecular weight is 331 g/mol. The largest absolute Gasteiger partial charge is 0.348 e. The molecule has 0 unspecified atom stereocenters. The van der Waals surface area contributed by atoms with E-state index in [0.29, 0.717) is 24.9 Å². The molecule has 0 spiro atoms. The fourth-order valence-corrected chi connectivity index (χ4v) is 3.77. The van der Waals surface area contributed by atoms with E-state index in [9.17, 15) is 4.79 Å². The van der Waals surface area contributed by atoms with Gasteiger partial charge in [-0.1, -0.05) is 0 Å². The van der Waals surface area contributed by atoms with Gasteiger partial charge in [-0.25, -0.2) is 4.98 Å². The minimum Gasteiger partial charge on any atom is -0.348 e. The normalized spacial score (nSPS) is 17.5. The zero-order chi connectivity index (χ0) is 16.0. The fourth-order valence-electron chi connectivity index (χ4n) is 2.94. The maximum atomic E-state index is 12.2. The molecule has 0 aromatic carbocycles. The zero-order valence-electron chi connectivity index (χ0n) is 13.5. The standard InChI is InChI=1S/C16H21N5OS/c1-9-13(18-10(2)23-9)7-15(22)17-8-14-19-20-16(11-3-4-11)21(14)12-5-6-12/h11-12H,3-8H2,1-2H3,(H,17,22). The minimum atomic E-state index is -0.00304. The van der Waals surface area contributed by atoms with Gasteiger partial charge in [-0.15, -0.1) is 21.5 Å². The SMILES string of the molecule is Cc1nc(CC(=O)NCc2nnc(C3CC3)n2C2CC2)c(C)s1. The summed E-state index contributed by atoms with van der Waals surface area (Å²) in [6, 6.07) is 0.552. The van der Waals surface area contributed by atoms with Crippen molar-refractivity contribution in [2.75, 3.05) is 0 Å². The summed E-state index contributed by atoms with van der Waals surface area (Å²) in [4.78, 5) is 17.7. The maximum Gasteiger partial charge on any atom is 0.226 e. The molecule has 1 amide bonds. The predicted octanol–water partition coefficient (Wildman–Crippen LogP) is 2.42. The molecule has 2 aliphatic carbocycles. The van der Waals surface area contributed by atoms with Crippen LogP contribution in [0.3, 0.4) is 0 Å². The smallest absolute Gasteiger partial charge is 0.226 e. The lowest BCUT2D eigenvalue weighted by atomic mass is 10.2. The molecule has 1 N–H and O–H groups in total. The summed E-state index contributed by atoms with van der Waals surface area (Å²) in [5.41, 5.74) is 0.882. The molecule has 0 saturated heterocycles. The van der Waals surface area contributed by atoms with Crippen LogP contribution < -0.4 is 5.32 Å². The number of nitrogens with zero attached hydrogens (tertiary/aromatic N) is 4. The summed E-state index contributed by atoms with van der Waals surface area (Å²) in [5.74, 6) is 2.61. The van der Waals surface area contributed by atoms with Gasteiger partial charge in [-0.2, -0.15) is 0 Å². The molecule has 7 heteroatoms. The van der Waals surface area contributed by atoms with Crippen LogP contribution in [0.4, 0.5) is 0 Å². The molecule has 0 radical (unpaired) electrons. The van der Waals surface area contributed by atoms with Gasteiger partial charge in [0, 0.05) is 16.8 Å². The Kier molecular flexibility index (Phi) is 3.67. The second-order valence-electron chi connectivity index (χ2n) is 6.54. The molecule has 6 nitrogen and oxygen atoms in total. The quantitative estimate of drug-likeness (QED) is 0.882. The first-order chi connectivity index (χ1) is 11.1. The Bertz CT molecular complexity index is 742. The van der Waals surface area contributed by atoms with Gasteiger partial charge < -0.3 is 9.88 Å². The van der Waals surface area contributed by atoms with Gasteiger partial charge in [0.25, 0.3) is 0 Å². The average Bonchev–Trinajstić information content (AvgIpc) is 3.42. The van der Waals surface area contributed by atoms with Crippen molar-refractivity contribution >= 4 is 17.2 Å². The maximum absolute atomic E-state index is 12.2. The summed E-state index contributed by atoms with van der Waals surface area (Å²) in [5, 5.41) is 12.7. The number of rotatable bonds is 6. The number of aromatic nitrogens is 4. The Morgan fingerprint density at radius 1 is 1.26 bits per heavy atom. The van der Waals surface area contributed by atoms with Crippen LogP contribution in [0.25, 0.3) is 0 Å². The van der Waals surface area contributed by atoms with E-state index in [1.807, 2.05) is 13.8 Å². The third-order valence-corrected chi connectivity index (χ3v) is 5.35. The van der Waals surface area contributed by atoms with Crippen LogP contribution in [-0.2, 0) is 17.8 Å². The van der Waals surface area contributed by atoms with Crippen LogP contribution >= 0.6 is 11.3 Å². The lowest BCUT2D eigenvalue weighted by Gasteiger charge is -2.09. The highest BCUT2D eigenvalue weighted by Gasteiger charge is 2.36. The van der Waals surface area contributed by atoms with Crippen LogP contribution in [0.1, 0.15) is 64.9 Å². The Labute approximate surface area is 139 Å². The number of hydrogen-bond acceptors (Lipinski definition) is 5. The molecule has 23 heavy (non-hydrogen) atoms. The van der Waals surface area contributed by atoms with Crippen molar-refractivity contribution < 1.29 is 4.79 Å². The molecule has 2 aromatic rings. The predicted molar refractivity (Wildman–Crippen MR) is 87.4 cm³/mol. The van der Waals surface area contributed by atoms with Gasteiger partial charge in [0.1, 0.15) is 5.82 Å². The van der Waals surface area contributed by atoms with E-state index >= 15 is 0 Å². The van der Waals surface area contributed by atoms with Crippen molar-refractivity contribution in [3.05, 3.63) is 27.2 Å². The highest BCUT2D eigenvalue weighted by Crippen LogP contribution is 2.44. The first-order valence-electron chi connectivity index (χ1n) is 8.25. The summed E-state index contributed by atoms with van der Waals surface area (Å²) in [6.07, 6.45) is 5.19. The molecule has 2 heterocycles. The second kappa shape index (κ2) is 5.70. The first kappa shape index (κ1) is 14.8. The summed E-state index contributed by atoms with van der Waals surface area (Å²) >= 11 is 1.64. The zero-order valence-corrected chi connectivity index (χ0v) is 14.3. The van der Waals surface area contributed by atoms with Crippen molar-refractivity contribution in [1.82, 2.24) is 25.1 Å². The third-order valence-electron chi connectivity index (χ3n) is 4.42. The fraction of sp³-hybridized carbons (Fsp3) is 0.625. The minimum absolute atomic E-state index is 0.00304. The molecule has 2 aromatic heterocycles. The monoisotopic (exact) mass is 331 g/mol. The number of nitrogens with one attached hydrogen (secondary N) is 1. The molecular weight excluding hydrogens is 310 g/mol. The molecule has 0 atom stereocenters. The molecule has 4 rings (SSSR count). The van der Waals surface area contributed by atoms with Gasteiger partial charge in [0.2, 0.25) is 5.91 Å². The lowest BCUT2D eigenvalue weighted by molar-refractivity contribution is -0.120. The Morgan fingerprint density at radius 2 is 2.04 bits per heavy atom. The summed E-state index contributed by atoms with van der Waals surface area (Å²) in [7, 11) is 0. The Balaban J connectivity index is 1.41. The van der Waals surface area contributed by atoms with Gasteiger partial charge in [0.05, 0.1) is 23.7 Å². The molecule has 2 saturated carbocycles. The lowest BCUT2D eigenvalue weighted by Crippen LogP contribution is -2.26. The van der Waals surface area contributed by atoms with Crippen LogP contribution in [0.5, 0.6) is 0 Å². The van der Waals surface area contributed by atoms with Gasteiger partial charge in [0.15, 0.2) is 5.82 Å². The Hall–Kier alpha value is -1.76. The Morgan fingerprint density at radius 3 is 2.65 bits per heavy atom. The van der Waals surface area contributed by atoms with Crippen LogP contribution in [0.15, 0.2) is 0 Å². The van der Waals surface area contributed by atoms with E-state index in [1.165, 1.54) is 25.7 Å². The number of carbonyl (C=O) groups excluding carboxylic acids is 1.